The normalized spacial score (nSPS) is 23.4. The molecule has 0 aromatic heterocycles. The van der Waals surface area contributed by atoms with Gasteiger partial charge in [0.25, 0.3) is 0 Å². The van der Waals surface area contributed by atoms with Crippen LogP contribution in [0.2, 0.25) is 0 Å². The third-order valence-electron chi connectivity index (χ3n) is 3.53. The van der Waals surface area contributed by atoms with Gasteiger partial charge in [-0.15, -0.1) is 0 Å². The number of ether oxygens (including phenoxy) is 1. The van der Waals surface area contributed by atoms with Crippen LogP contribution >= 0.6 is 0 Å². The fraction of sp³-hybridized carbons (Fsp3) is 1.00. The molecule has 1 saturated heterocycles. The molecule has 0 aromatic carbocycles. The maximum atomic E-state index is 5.82. The summed E-state index contributed by atoms with van der Waals surface area (Å²) in [4.78, 5) is 2.58. The molecule has 16 heavy (non-hydrogen) atoms. The minimum absolute atomic E-state index is 0.225. The zero-order valence-corrected chi connectivity index (χ0v) is 11.2. The van der Waals surface area contributed by atoms with Crippen molar-refractivity contribution in [3.8, 4) is 0 Å². The van der Waals surface area contributed by atoms with E-state index in [9.17, 15) is 0 Å². The van der Waals surface area contributed by atoms with Crippen LogP contribution in [0.1, 0.15) is 40.0 Å². The SMILES string of the molecule is CCN(CC(C)(C)CN)C1CCCOCC1. The first-order valence-corrected chi connectivity index (χ1v) is 6.61. The first-order valence-electron chi connectivity index (χ1n) is 6.61. The van der Waals surface area contributed by atoms with Crippen molar-refractivity contribution in [1.29, 1.82) is 0 Å². The van der Waals surface area contributed by atoms with Crippen LogP contribution in [0.5, 0.6) is 0 Å². The summed E-state index contributed by atoms with van der Waals surface area (Å²) in [6.07, 6.45) is 3.65. The summed E-state index contributed by atoms with van der Waals surface area (Å²) in [5.41, 5.74) is 6.04. The van der Waals surface area contributed by atoms with Crippen LogP contribution in [0.25, 0.3) is 0 Å². The molecule has 0 bridgehead atoms. The second-order valence-electron chi connectivity index (χ2n) is 5.63. The second kappa shape index (κ2) is 6.58. The van der Waals surface area contributed by atoms with Crippen molar-refractivity contribution >= 4 is 0 Å². The van der Waals surface area contributed by atoms with Crippen LogP contribution in [-0.4, -0.2) is 43.8 Å². The maximum Gasteiger partial charge on any atom is 0.0480 e. The van der Waals surface area contributed by atoms with E-state index in [0.717, 1.165) is 32.8 Å². The van der Waals surface area contributed by atoms with E-state index in [1.807, 2.05) is 0 Å². The lowest BCUT2D eigenvalue weighted by molar-refractivity contribution is 0.110. The molecule has 3 nitrogen and oxygen atoms in total. The van der Waals surface area contributed by atoms with Gasteiger partial charge >= 0.3 is 0 Å². The molecule has 2 N–H and O–H groups in total. The molecule has 96 valence electrons. The Morgan fingerprint density at radius 3 is 2.69 bits per heavy atom. The second-order valence-corrected chi connectivity index (χ2v) is 5.63. The Morgan fingerprint density at radius 1 is 1.31 bits per heavy atom. The van der Waals surface area contributed by atoms with E-state index in [0.29, 0.717) is 6.04 Å². The molecule has 1 fully saturated rings. The van der Waals surface area contributed by atoms with Crippen LogP contribution in [0, 0.1) is 5.41 Å². The predicted molar refractivity (Wildman–Crippen MR) is 68.5 cm³/mol. The van der Waals surface area contributed by atoms with Crippen molar-refractivity contribution < 1.29 is 4.74 Å². The molecule has 3 heteroatoms. The smallest absolute Gasteiger partial charge is 0.0480 e. The number of rotatable bonds is 5. The van der Waals surface area contributed by atoms with E-state index < -0.39 is 0 Å². The Balaban J connectivity index is 2.51. The van der Waals surface area contributed by atoms with Gasteiger partial charge < -0.3 is 10.5 Å². The summed E-state index contributed by atoms with van der Waals surface area (Å²) in [5, 5.41) is 0. The van der Waals surface area contributed by atoms with E-state index >= 15 is 0 Å². The molecule has 0 amide bonds. The molecule has 1 rings (SSSR count). The number of hydrogen-bond donors (Lipinski definition) is 1. The lowest BCUT2D eigenvalue weighted by atomic mass is 9.91. The third kappa shape index (κ3) is 4.40. The van der Waals surface area contributed by atoms with E-state index in [2.05, 4.69) is 25.7 Å². The highest BCUT2D eigenvalue weighted by Gasteiger charge is 2.25. The Hall–Kier alpha value is -0.120. The van der Waals surface area contributed by atoms with Crippen molar-refractivity contribution in [3.05, 3.63) is 0 Å². The van der Waals surface area contributed by atoms with E-state index in [-0.39, 0.29) is 5.41 Å². The predicted octanol–water partition coefficient (Wildman–Crippen LogP) is 1.86. The van der Waals surface area contributed by atoms with E-state index in [1.54, 1.807) is 0 Å². The standard InChI is InChI=1S/C13H28N2O/c1-4-15(11-13(2,3)10-14)12-6-5-8-16-9-7-12/h12H,4-11,14H2,1-3H3. The Labute approximate surface area is 100 Å². The van der Waals surface area contributed by atoms with Crippen molar-refractivity contribution in [2.24, 2.45) is 11.1 Å². The van der Waals surface area contributed by atoms with E-state index in [4.69, 9.17) is 10.5 Å². The monoisotopic (exact) mass is 228 g/mol. The number of nitrogens with zero attached hydrogens (tertiary/aromatic N) is 1. The fourth-order valence-electron chi connectivity index (χ4n) is 2.37. The number of nitrogens with two attached hydrogens (primary N) is 1. The van der Waals surface area contributed by atoms with Gasteiger partial charge in [-0.2, -0.15) is 0 Å². The summed E-state index contributed by atoms with van der Waals surface area (Å²) < 4.78 is 5.52. The van der Waals surface area contributed by atoms with Gasteiger partial charge in [0.2, 0.25) is 0 Å². The summed E-state index contributed by atoms with van der Waals surface area (Å²) in [6, 6.07) is 0.693. The van der Waals surface area contributed by atoms with Crippen LogP contribution < -0.4 is 5.73 Å². The molecule has 0 aliphatic carbocycles. The first-order chi connectivity index (χ1) is 7.59. The van der Waals surface area contributed by atoms with Crippen molar-refractivity contribution in [1.82, 2.24) is 4.90 Å². The van der Waals surface area contributed by atoms with Gasteiger partial charge in [-0.1, -0.05) is 20.8 Å². The highest BCUT2D eigenvalue weighted by atomic mass is 16.5. The van der Waals surface area contributed by atoms with Crippen LogP contribution in [-0.2, 0) is 4.74 Å². The van der Waals surface area contributed by atoms with Gasteiger partial charge in [0.1, 0.15) is 0 Å². The van der Waals surface area contributed by atoms with Crippen LogP contribution in [0.3, 0.4) is 0 Å². The molecule has 1 unspecified atom stereocenters. The summed E-state index contributed by atoms with van der Waals surface area (Å²) in [6.45, 7) is 11.6. The molecule has 1 atom stereocenters. The maximum absolute atomic E-state index is 5.82. The lowest BCUT2D eigenvalue weighted by Gasteiger charge is -2.36. The Kier molecular flexibility index (Phi) is 5.73. The minimum atomic E-state index is 0.225. The molecule has 1 aliphatic heterocycles. The van der Waals surface area contributed by atoms with Gasteiger partial charge in [0.15, 0.2) is 0 Å². The largest absolute Gasteiger partial charge is 0.381 e. The van der Waals surface area contributed by atoms with Crippen LogP contribution in [0.4, 0.5) is 0 Å². The average molecular weight is 228 g/mol. The summed E-state index contributed by atoms with van der Waals surface area (Å²) >= 11 is 0. The van der Waals surface area contributed by atoms with Gasteiger partial charge in [-0.25, -0.2) is 0 Å². The minimum Gasteiger partial charge on any atom is -0.381 e. The van der Waals surface area contributed by atoms with Crippen molar-refractivity contribution in [3.63, 3.8) is 0 Å². The Bertz CT molecular complexity index is 186. The number of hydrogen-bond acceptors (Lipinski definition) is 3. The molecule has 0 spiro atoms. The Morgan fingerprint density at radius 2 is 2.06 bits per heavy atom. The van der Waals surface area contributed by atoms with Crippen molar-refractivity contribution in [2.75, 3.05) is 32.8 Å². The van der Waals surface area contributed by atoms with Gasteiger partial charge in [-0.05, 0) is 37.8 Å². The summed E-state index contributed by atoms with van der Waals surface area (Å²) in [7, 11) is 0. The molecule has 0 radical (unpaired) electrons. The highest BCUT2D eigenvalue weighted by molar-refractivity contribution is 4.80. The quantitative estimate of drug-likeness (QED) is 0.780. The molecule has 1 heterocycles. The summed E-state index contributed by atoms with van der Waals surface area (Å²) in [5.74, 6) is 0. The van der Waals surface area contributed by atoms with E-state index in [1.165, 1.54) is 19.3 Å². The third-order valence-corrected chi connectivity index (χ3v) is 3.53. The molecular formula is C13H28N2O. The zero-order chi connectivity index (χ0) is 12.0. The fourth-order valence-corrected chi connectivity index (χ4v) is 2.37. The molecule has 1 aliphatic rings. The van der Waals surface area contributed by atoms with Gasteiger partial charge in [0, 0.05) is 25.8 Å². The molecule has 0 aromatic rings. The highest BCUT2D eigenvalue weighted by Crippen LogP contribution is 2.21. The average Bonchev–Trinajstić information content (AvgIpc) is 2.54. The molecule has 0 saturated carbocycles. The van der Waals surface area contributed by atoms with Gasteiger partial charge in [0.05, 0.1) is 0 Å². The van der Waals surface area contributed by atoms with Gasteiger partial charge in [-0.3, -0.25) is 4.90 Å². The topological polar surface area (TPSA) is 38.5 Å². The first kappa shape index (κ1) is 13.9. The molecular weight excluding hydrogens is 200 g/mol. The zero-order valence-electron chi connectivity index (χ0n) is 11.2. The van der Waals surface area contributed by atoms with Crippen molar-refractivity contribution in [2.45, 2.75) is 46.1 Å². The van der Waals surface area contributed by atoms with Crippen LogP contribution in [0.15, 0.2) is 0 Å². The lowest BCUT2D eigenvalue weighted by Crippen LogP contribution is -2.44.